The molecule has 118 valence electrons. The monoisotopic (exact) mass is 304 g/mol. The fourth-order valence-electron chi connectivity index (χ4n) is 2.66. The number of aliphatic hydroxyl groups is 1. The number of aromatic nitrogens is 3. The summed E-state index contributed by atoms with van der Waals surface area (Å²) >= 11 is 0. The Morgan fingerprint density at radius 1 is 1.45 bits per heavy atom. The van der Waals surface area contributed by atoms with E-state index >= 15 is 0 Å². The molecule has 0 aliphatic carbocycles. The SMILES string of the molecule is Cc1cc(CC(=O)N2CCCn3nc(C(C)O)cc3C2)on1. The van der Waals surface area contributed by atoms with Gasteiger partial charge in [-0.1, -0.05) is 5.16 Å². The predicted octanol–water partition coefficient (Wildman–Crippen LogP) is 1.21. The molecule has 7 heteroatoms. The molecule has 0 spiro atoms. The molecule has 0 fully saturated rings. The minimum absolute atomic E-state index is 0.0180. The molecule has 1 unspecified atom stereocenters. The van der Waals surface area contributed by atoms with Gasteiger partial charge >= 0.3 is 0 Å². The number of aliphatic hydroxyl groups excluding tert-OH is 1. The number of carbonyl (C=O) groups is 1. The van der Waals surface area contributed by atoms with Crippen molar-refractivity contribution in [2.45, 2.75) is 45.9 Å². The summed E-state index contributed by atoms with van der Waals surface area (Å²) < 4.78 is 7.00. The first-order valence-electron chi connectivity index (χ1n) is 7.47. The van der Waals surface area contributed by atoms with Gasteiger partial charge in [0.25, 0.3) is 0 Å². The van der Waals surface area contributed by atoms with Crippen LogP contribution in [0.5, 0.6) is 0 Å². The maximum absolute atomic E-state index is 12.4. The molecular formula is C15H20N4O3. The van der Waals surface area contributed by atoms with Gasteiger partial charge in [-0.05, 0) is 26.3 Å². The highest BCUT2D eigenvalue weighted by Crippen LogP contribution is 2.18. The van der Waals surface area contributed by atoms with Crippen LogP contribution in [0.1, 0.15) is 42.3 Å². The summed E-state index contributed by atoms with van der Waals surface area (Å²) in [6.45, 7) is 5.48. The van der Waals surface area contributed by atoms with Crippen LogP contribution in [0.4, 0.5) is 0 Å². The zero-order valence-electron chi connectivity index (χ0n) is 12.8. The lowest BCUT2D eigenvalue weighted by Gasteiger charge is -2.19. The Morgan fingerprint density at radius 2 is 2.27 bits per heavy atom. The van der Waals surface area contributed by atoms with E-state index in [0.717, 1.165) is 24.4 Å². The summed E-state index contributed by atoms with van der Waals surface area (Å²) in [6.07, 6.45) is 0.466. The van der Waals surface area contributed by atoms with Crippen LogP contribution in [0.15, 0.2) is 16.7 Å². The largest absolute Gasteiger partial charge is 0.387 e. The molecule has 2 aromatic rings. The Balaban J connectivity index is 1.73. The number of fused-ring (bicyclic) bond motifs is 1. The molecule has 1 aliphatic heterocycles. The Labute approximate surface area is 128 Å². The standard InChI is InChI=1S/C15H20N4O3/c1-10-6-13(22-17-10)8-15(21)18-4-3-5-19-12(9-18)7-14(16-19)11(2)20/h6-7,11,20H,3-5,8-9H2,1-2H3. The number of aryl methyl sites for hydroxylation is 2. The van der Waals surface area contributed by atoms with Crippen molar-refractivity contribution in [2.24, 2.45) is 0 Å². The maximum Gasteiger partial charge on any atom is 0.230 e. The summed E-state index contributed by atoms with van der Waals surface area (Å²) in [4.78, 5) is 14.2. The van der Waals surface area contributed by atoms with Crippen molar-refractivity contribution < 1.29 is 14.4 Å². The molecule has 0 radical (unpaired) electrons. The van der Waals surface area contributed by atoms with E-state index in [0.29, 0.717) is 24.5 Å². The number of rotatable bonds is 3. The van der Waals surface area contributed by atoms with Crippen LogP contribution in [0.25, 0.3) is 0 Å². The van der Waals surface area contributed by atoms with Gasteiger partial charge in [0, 0.05) is 19.2 Å². The molecule has 0 saturated heterocycles. The molecular weight excluding hydrogens is 284 g/mol. The van der Waals surface area contributed by atoms with E-state index in [9.17, 15) is 9.90 Å². The lowest BCUT2D eigenvalue weighted by molar-refractivity contribution is -0.131. The van der Waals surface area contributed by atoms with Crippen LogP contribution in [0.2, 0.25) is 0 Å². The zero-order chi connectivity index (χ0) is 15.7. The zero-order valence-corrected chi connectivity index (χ0v) is 12.8. The van der Waals surface area contributed by atoms with Crippen molar-refractivity contribution in [1.29, 1.82) is 0 Å². The van der Waals surface area contributed by atoms with Crippen LogP contribution >= 0.6 is 0 Å². The highest BCUT2D eigenvalue weighted by Gasteiger charge is 2.22. The lowest BCUT2D eigenvalue weighted by atomic mass is 10.2. The molecule has 0 aromatic carbocycles. The molecule has 1 N–H and O–H groups in total. The predicted molar refractivity (Wildman–Crippen MR) is 77.8 cm³/mol. The molecule has 1 atom stereocenters. The molecule has 0 saturated carbocycles. The maximum atomic E-state index is 12.4. The minimum Gasteiger partial charge on any atom is -0.387 e. The van der Waals surface area contributed by atoms with Gasteiger partial charge in [0.15, 0.2) is 0 Å². The second-order valence-electron chi connectivity index (χ2n) is 5.74. The highest BCUT2D eigenvalue weighted by atomic mass is 16.5. The first-order valence-corrected chi connectivity index (χ1v) is 7.47. The summed E-state index contributed by atoms with van der Waals surface area (Å²) in [6, 6.07) is 3.65. The van der Waals surface area contributed by atoms with Gasteiger partial charge < -0.3 is 14.5 Å². The number of nitrogens with zero attached hydrogens (tertiary/aromatic N) is 4. The fraction of sp³-hybridized carbons (Fsp3) is 0.533. The molecule has 1 aliphatic rings. The quantitative estimate of drug-likeness (QED) is 0.921. The van der Waals surface area contributed by atoms with Crippen molar-refractivity contribution >= 4 is 5.91 Å². The van der Waals surface area contributed by atoms with Crippen molar-refractivity contribution in [2.75, 3.05) is 6.54 Å². The van der Waals surface area contributed by atoms with Crippen LogP contribution in [-0.4, -0.2) is 37.4 Å². The van der Waals surface area contributed by atoms with Gasteiger partial charge in [-0.2, -0.15) is 5.10 Å². The molecule has 3 heterocycles. The minimum atomic E-state index is -0.597. The smallest absolute Gasteiger partial charge is 0.230 e. The number of carbonyl (C=O) groups excluding carboxylic acids is 1. The van der Waals surface area contributed by atoms with E-state index in [-0.39, 0.29) is 12.3 Å². The molecule has 7 nitrogen and oxygen atoms in total. The Morgan fingerprint density at radius 3 is 2.95 bits per heavy atom. The average Bonchev–Trinajstić information content (AvgIpc) is 3.00. The summed E-state index contributed by atoms with van der Waals surface area (Å²) in [7, 11) is 0. The summed E-state index contributed by atoms with van der Waals surface area (Å²) in [5.41, 5.74) is 2.38. The van der Waals surface area contributed by atoms with E-state index in [1.165, 1.54) is 0 Å². The van der Waals surface area contributed by atoms with E-state index in [1.807, 2.05) is 22.6 Å². The number of hydrogen-bond acceptors (Lipinski definition) is 5. The van der Waals surface area contributed by atoms with Crippen LogP contribution in [-0.2, 0) is 24.3 Å². The summed E-state index contributed by atoms with van der Waals surface area (Å²) in [5, 5.41) is 17.8. The Hall–Kier alpha value is -2.15. The second kappa shape index (κ2) is 5.92. The van der Waals surface area contributed by atoms with E-state index in [2.05, 4.69) is 10.3 Å². The third-order valence-corrected chi connectivity index (χ3v) is 3.82. The third-order valence-electron chi connectivity index (χ3n) is 3.82. The van der Waals surface area contributed by atoms with Gasteiger partial charge in [0.05, 0.1) is 36.2 Å². The van der Waals surface area contributed by atoms with Gasteiger partial charge in [-0.3, -0.25) is 9.48 Å². The van der Waals surface area contributed by atoms with Crippen molar-refractivity contribution in [3.63, 3.8) is 0 Å². The second-order valence-corrected chi connectivity index (χ2v) is 5.74. The lowest BCUT2D eigenvalue weighted by Crippen LogP contribution is -2.31. The Kier molecular flexibility index (Phi) is 3.98. The molecule has 3 rings (SSSR count). The fourth-order valence-corrected chi connectivity index (χ4v) is 2.66. The van der Waals surface area contributed by atoms with Crippen LogP contribution in [0.3, 0.4) is 0 Å². The van der Waals surface area contributed by atoms with Gasteiger partial charge in [0.1, 0.15) is 5.76 Å². The topological polar surface area (TPSA) is 84.4 Å². The summed E-state index contributed by atoms with van der Waals surface area (Å²) in [5.74, 6) is 0.606. The Bertz CT molecular complexity index is 674. The van der Waals surface area contributed by atoms with Crippen LogP contribution in [0, 0.1) is 6.92 Å². The van der Waals surface area contributed by atoms with Crippen LogP contribution < -0.4 is 0 Å². The first kappa shape index (κ1) is 14.8. The molecule has 0 bridgehead atoms. The highest BCUT2D eigenvalue weighted by molar-refractivity contribution is 5.78. The van der Waals surface area contributed by atoms with Crippen molar-refractivity contribution in [1.82, 2.24) is 19.8 Å². The molecule has 2 aromatic heterocycles. The van der Waals surface area contributed by atoms with E-state index in [1.54, 1.807) is 13.0 Å². The van der Waals surface area contributed by atoms with Gasteiger partial charge in [-0.25, -0.2) is 0 Å². The van der Waals surface area contributed by atoms with Crippen molar-refractivity contribution in [3.8, 4) is 0 Å². The number of hydrogen-bond donors (Lipinski definition) is 1. The normalized spacial score (nSPS) is 16.2. The molecule has 22 heavy (non-hydrogen) atoms. The van der Waals surface area contributed by atoms with Crippen molar-refractivity contribution in [3.05, 3.63) is 35.0 Å². The third kappa shape index (κ3) is 3.04. The van der Waals surface area contributed by atoms with E-state index < -0.39 is 6.10 Å². The first-order chi connectivity index (χ1) is 10.5. The van der Waals surface area contributed by atoms with Gasteiger partial charge in [-0.15, -0.1) is 0 Å². The average molecular weight is 304 g/mol. The number of amides is 1. The van der Waals surface area contributed by atoms with E-state index in [4.69, 9.17) is 4.52 Å². The van der Waals surface area contributed by atoms with Gasteiger partial charge in [0.2, 0.25) is 5.91 Å². The molecule has 1 amide bonds.